The van der Waals surface area contributed by atoms with E-state index in [2.05, 4.69) is 4.90 Å². The van der Waals surface area contributed by atoms with Gasteiger partial charge in [0.05, 0.1) is 19.1 Å². The number of anilines is 2. The molecule has 0 saturated carbocycles. The predicted octanol–water partition coefficient (Wildman–Crippen LogP) is 2.36. The Balaban J connectivity index is 1.72. The van der Waals surface area contributed by atoms with E-state index < -0.39 is 10.0 Å². The van der Waals surface area contributed by atoms with E-state index in [1.807, 2.05) is 29.2 Å². The Hall–Kier alpha value is -2.74. The maximum atomic E-state index is 13.1. The smallest absolute Gasteiger partial charge is 0.254 e. The van der Waals surface area contributed by atoms with E-state index in [4.69, 9.17) is 4.74 Å². The van der Waals surface area contributed by atoms with Crippen molar-refractivity contribution >= 4 is 27.3 Å². The Bertz CT molecular complexity index is 981. The van der Waals surface area contributed by atoms with Crippen LogP contribution in [0.2, 0.25) is 0 Å². The Kier molecular flexibility index (Phi) is 6.02. The highest BCUT2D eigenvalue weighted by atomic mass is 32.2. The van der Waals surface area contributed by atoms with Crippen molar-refractivity contribution in [2.24, 2.45) is 0 Å². The number of rotatable bonds is 5. The number of ether oxygens (including phenoxy) is 1. The molecule has 1 aliphatic rings. The Morgan fingerprint density at radius 1 is 1.03 bits per heavy atom. The van der Waals surface area contributed by atoms with Crippen LogP contribution in [0.15, 0.2) is 42.5 Å². The molecule has 0 radical (unpaired) electrons. The summed E-state index contributed by atoms with van der Waals surface area (Å²) < 4.78 is 30.2. The van der Waals surface area contributed by atoms with Crippen LogP contribution in [0.5, 0.6) is 5.75 Å². The van der Waals surface area contributed by atoms with Gasteiger partial charge in [-0.2, -0.15) is 0 Å². The van der Waals surface area contributed by atoms with E-state index in [-0.39, 0.29) is 5.91 Å². The number of benzene rings is 2. The van der Waals surface area contributed by atoms with Crippen molar-refractivity contribution in [2.45, 2.75) is 6.92 Å². The molecule has 0 spiro atoms. The summed E-state index contributed by atoms with van der Waals surface area (Å²) in [7, 11) is -0.253. The quantitative estimate of drug-likeness (QED) is 0.747. The van der Waals surface area contributed by atoms with Gasteiger partial charge in [-0.1, -0.05) is 6.07 Å². The highest BCUT2D eigenvalue weighted by Crippen LogP contribution is 2.26. The molecule has 0 N–H and O–H groups in total. The number of carbonyl (C=O) groups is 1. The van der Waals surface area contributed by atoms with Crippen LogP contribution >= 0.6 is 0 Å². The monoisotopic (exact) mass is 417 g/mol. The average molecular weight is 418 g/mol. The minimum atomic E-state index is -3.40. The number of sulfonamides is 1. The third-order valence-corrected chi connectivity index (χ3v) is 6.57. The lowest BCUT2D eigenvalue weighted by atomic mass is 10.0. The summed E-state index contributed by atoms with van der Waals surface area (Å²) in [5.74, 6) is 0.748. The number of piperazine rings is 1. The molecule has 1 aliphatic heterocycles. The van der Waals surface area contributed by atoms with Crippen LogP contribution in [-0.2, 0) is 10.0 Å². The first-order chi connectivity index (χ1) is 13.7. The van der Waals surface area contributed by atoms with E-state index >= 15 is 0 Å². The second kappa shape index (κ2) is 8.32. The van der Waals surface area contributed by atoms with Crippen molar-refractivity contribution in [2.75, 3.05) is 55.8 Å². The van der Waals surface area contributed by atoms with E-state index in [0.717, 1.165) is 30.8 Å². The van der Waals surface area contributed by atoms with Gasteiger partial charge in [-0.05, 0) is 48.9 Å². The number of carbonyl (C=O) groups excluding carboxylic acids is 1. The van der Waals surface area contributed by atoms with Crippen molar-refractivity contribution in [1.29, 1.82) is 0 Å². The van der Waals surface area contributed by atoms with Crippen molar-refractivity contribution in [3.05, 3.63) is 53.6 Å². The summed E-state index contributed by atoms with van der Waals surface area (Å²) in [6, 6.07) is 13.1. The van der Waals surface area contributed by atoms with Crippen molar-refractivity contribution in [3.8, 4) is 5.75 Å². The number of methoxy groups -OCH3 is 1. The number of amides is 1. The number of nitrogens with zero attached hydrogens (tertiary/aromatic N) is 3. The Morgan fingerprint density at radius 3 is 2.21 bits per heavy atom. The normalized spacial score (nSPS) is 14.6. The minimum Gasteiger partial charge on any atom is -0.497 e. The van der Waals surface area contributed by atoms with Gasteiger partial charge in [0.25, 0.3) is 5.91 Å². The summed E-state index contributed by atoms with van der Waals surface area (Å²) in [5, 5.41) is 0. The largest absolute Gasteiger partial charge is 0.497 e. The molecule has 1 saturated heterocycles. The first kappa shape index (κ1) is 21.0. The third-order valence-electron chi connectivity index (χ3n) is 5.38. The molecule has 1 heterocycles. The maximum Gasteiger partial charge on any atom is 0.254 e. The maximum absolute atomic E-state index is 13.1. The molecule has 8 heteroatoms. The van der Waals surface area contributed by atoms with Gasteiger partial charge in [0, 0.05) is 44.5 Å². The second-order valence-corrected chi connectivity index (χ2v) is 9.17. The topological polar surface area (TPSA) is 70.2 Å². The van der Waals surface area contributed by atoms with Crippen LogP contribution in [0.4, 0.5) is 11.4 Å². The van der Waals surface area contributed by atoms with Crippen LogP contribution < -0.4 is 13.9 Å². The second-order valence-electron chi connectivity index (χ2n) is 7.16. The molecule has 7 nitrogen and oxygen atoms in total. The molecule has 0 aromatic heterocycles. The molecular formula is C21H27N3O4S. The molecule has 0 aliphatic carbocycles. The summed E-state index contributed by atoms with van der Waals surface area (Å²) in [5.41, 5.74) is 2.83. The lowest BCUT2D eigenvalue weighted by molar-refractivity contribution is 0.0746. The molecule has 3 rings (SSSR count). The van der Waals surface area contributed by atoms with Gasteiger partial charge in [0.1, 0.15) is 5.75 Å². The van der Waals surface area contributed by atoms with E-state index in [9.17, 15) is 13.2 Å². The number of hydrogen-bond acceptors (Lipinski definition) is 5. The van der Waals surface area contributed by atoms with Crippen molar-refractivity contribution in [1.82, 2.24) is 4.90 Å². The van der Waals surface area contributed by atoms with Gasteiger partial charge in [-0.25, -0.2) is 8.42 Å². The molecule has 2 aromatic rings. The molecule has 0 atom stereocenters. The minimum absolute atomic E-state index is 0.0689. The predicted molar refractivity (Wildman–Crippen MR) is 116 cm³/mol. The molecule has 29 heavy (non-hydrogen) atoms. The first-order valence-corrected chi connectivity index (χ1v) is 11.3. The molecule has 0 unspecified atom stereocenters. The Morgan fingerprint density at radius 2 is 1.66 bits per heavy atom. The summed E-state index contributed by atoms with van der Waals surface area (Å²) in [6.07, 6.45) is 1.15. The average Bonchev–Trinajstić information content (AvgIpc) is 2.72. The van der Waals surface area contributed by atoms with Crippen molar-refractivity contribution < 1.29 is 17.9 Å². The molecule has 0 bridgehead atoms. The SMILES string of the molecule is COc1ccc(N2CCN(C(=O)c3cccc(N(C)S(C)(=O)=O)c3C)CC2)cc1. The van der Waals surface area contributed by atoms with E-state index in [1.54, 1.807) is 32.2 Å². The summed E-state index contributed by atoms with van der Waals surface area (Å²) in [6.45, 7) is 4.48. The zero-order valence-electron chi connectivity index (χ0n) is 17.3. The molecule has 2 aromatic carbocycles. The van der Waals surface area contributed by atoms with Gasteiger partial charge in [-0.3, -0.25) is 9.10 Å². The number of hydrogen-bond donors (Lipinski definition) is 0. The fraction of sp³-hybridized carbons (Fsp3) is 0.381. The van der Waals surface area contributed by atoms with Crippen molar-refractivity contribution in [3.63, 3.8) is 0 Å². The lowest BCUT2D eigenvalue weighted by Gasteiger charge is -2.36. The standard InChI is InChI=1S/C21H27N3O4S/c1-16-19(6-5-7-20(16)22(2)29(4,26)27)21(25)24-14-12-23(13-15-24)17-8-10-18(28-3)11-9-17/h5-11H,12-15H2,1-4H3. The fourth-order valence-corrected chi connectivity index (χ4v) is 4.06. The van der Waals surface area contributed by atoms with E-state index in [0.29, 0.717) is 29.9 Å². The molecule has 156 valence electrons. The summed E-state index contributed by atoms with van der Waals surface area (Å²) >= 11 is 0. The van der Waals surface area contributed by atoms with Gasteiger partial charge in [-0.15, -0.1) is 0 Å². The third kappa shape index (κ3) is 4.48. The lowest BCUT2D eigenvalue weighted by Crippen LogP contribution is -2.49. The molecular weight excluding hydrogens is 390 g/mol. The fourth-order valence-electron chi connectivity index (χ4n) is 3.51. The highest BCUT2D eigenvalue weighted by Gasteiger charge is 2.25. The van der Waals surface area contributed by atoms with Crippen LogP contribution in [0.3, 0.4) is 0 Å². The summed E-state index contributed by atoms with van der Waals surface area (Å²) in [4.78, 5) is 17.2. The van der Waals surface area contributed by atoms with E-state index in [1.165, 1.54) is 11.4 Å². The van der Waals surface area contributed by atoms with Gasteiger partial charge < -0.3 is 14.5 Å². The highest BCUT2D eigenvalue weighted by molar-refractivity contribution is 7.92. The van der Waals surface area contributed by atoms with Gasteiger partial charge >= 0.3 is 0 Å². The first-order valence-electron chi connectivity index (χ1n) is 9.44. The van der Waals surface area contributed by atoms with Gasteiger partial charge in [0.2, 0.25) is 10.0 Å². The zero-order valence-corrected chi connectivity index (χ0v) is 18.1. The Labute approximate surface area is 172 Å². The van der Waals surface area contributed by atoms with Gasteiger partial charge in [0.15, 0.2) is 0 Å². The molecule has 1 amide bonds. The molecule has 1 fully saturated rings. The van der Waals surface area contributed by atoms with Crippen LogP contribution in [0, 0.1) is 6.92 Å². The van der Waals surface area contributed by atoms with Crippen LogP contribution in [0.1, 0.15) is 15.9 Å². The van der Waals surface area contributed by atoms with Crippen LogP contribution in [-0.4, -0.2) is 65.8 Å². The zero-order chi connectivity index (χ0) is 21.2. The van der Waals surface area contributed by atoms with Crippen LogP contribution in [0.25, 0.3) is 0 Å².